The van der Waals surface area contributed by atoms with Crippen LogP contribution in [0.3, 0.4) is 0 Å². The number of phenols is 1. The summed E-state index contributed by atoms with van der Waals surface area (Å²) in [4.78, 5) is 22.0. The third-order valence-electron chi connectivity index (χ3n) is 1.84. The van der Waals surface area contributed by atoms with Crippen LogP contribution in [0.15, 0.2) is 18.2 Å². The molecule has 0 fully saturated rings. The molecule has 1 aromatic rings. The molecule has 4 heteroatoms. The van der Waals surface area contributed by atoms with Crippen molar-refractivity contribution in [2.45, 2.75) is 6.42 Å². The van der Waals surface area contributed by atoms with Crippen LogP contribution in [0.5, 0.6) is 5.75 Å². The molecule has 0 atom stereocenters. The molecule has 0 amide bonds. The first kappa shape index (κ1) is 10.4. The Labute approximate surface area is 81.3 Å². The van der Waals surface area contributed by atoms with Gasteiger partial charge in [-0.15, -0.1) is 0 Å². The zero-order valence-corrected chi connectivity index (χ0v) is 7.56. The molecule has 0 saturated carbocycles. The Bertz CT molecular complexity index is 360. The topological polar surface area (TPSA) is 80.4 Å². The number of hydrogen-bond acceptors (Lipinski definition) is 4. The number of phenolic OH excluding ortho intramolecular Hbond substituents is 1. The van der Waals surface area contributed by atoms with Crippen LogP contribution in [0.1, 0.15) is 27.1 Å². The average molecular weight is 193 g/mol. The quantitative estimate of drug-likeness (QED) is 0.545. The molecule has 0 aliphatic carbocycles. The molecule has 0 saturated heterocycles. The lowest BCUT2D eigenvalue weighted by molar-refractivity contribution is 0.0978. The fourth-order valence-electron chi connectivity index (χ4n) is 1.15. The minimum Gasteiger partial charge on any atom is -0.508 e. The first-order chi connectivity index (χ1) is 6.69. The van der Waals surface area contributed by atoms with Gasteiger partial charge in [-0.1, -0.05) is 0 Å². The van der Waals surface area contributed by atoms with Gasteiger partial charge >= 0.3 is 0 Å². The molecule has 14 heavy (non-hydrogen) atoms. The highest BCUT2D eigenvalue weighted by atomic mass is 16.3. The van der Waals surface area contributed by atoms with Crippen molar-refractivity contribution in [3.05, 3.63) is 29.3 Å². The van der Waals surface area contributed by atoms with Crippen molar-refractivity contribution in [3.8, 4) is 5.75 Å². The number of aldehydes is 1. The van der Waals surface area contributed by atoms with Gasteiger partial charge in [-0.05, 0) is 24.7 Å². The van der Waals surface area contributed by atoms with Crippen molar-refractivity contribution in [3.63, 3.8) is 0 Å². The lowest BCUT2D eigenvalue weighted by Gasteiger charge is -2.03. The molecule has 0 aliphatic rings. The summed E-state index contributed by atoms with van der Waals surface area (Å²) in [6, 6.07) is 4.05. The summed E-state index contributed by atoms with van der Waals surface area (Å²) in [5.74, 6) is -0.263. The normalized spacial score (nSPS) is 9.79. The zero-order chi connectivity index (χ0) is 10.6. The Morgan fingerprint density at radius 3 is 2.79 bits per heavy atom. The first-order valence-corrected chi connectivity index (χ1v) is 4.20. The maximum Gasteiger partial charge on any atom is 0.164 e. The molecule has 0 aromatic heterocycles. The van der Waals surface area contributed by atoms with Crippen LogP contribution in [-0.4, -0.2) is 23.7 Å². The van der Waals surface area contributed by atoms with Gasteiger partial charge in [-0.3, -0.25) is 9.59 Å². The molecule has 1 aromatic carbocycles. The Morgan fingerprint density at radius 2 is 2.21 bits per heavy atom. The van der Waals surface area contributed by atoms with Gasteiger partial charge in [0.2, 0.25) is 0 Å². The molecule has 0 aliphatic heterocycles. The SMILES string of the molecule is NCCC(=O)c1cc(O)ccc1C=O. The number of aromatic hydroxyl groups is 1. The summed E-state index contributed by atoms with van der Waals surface area (Å²) in [5.41, 5.74) is 5.73. The van der Waals surface area contributed by atoms with Gasteiger partial charge in [-0.25, -0.2) is 0 Å². The largest absolute Gasteiger partial charge is 0.508 e. The van der Waals surface area contributed by atoms with Gasteiger partial charge in [0.1, 0.15) is 5.75 Å². The van der Waals surface area contributed by atoms with E-state index < -0.39 is 0 Å². The van der Waals surface area contributed by atoms with Crippen molar-refractivity contribution >= 4 is 12.1 Å². The fraction of sp³-hybridized carbons (Fsp3) is 0.200. The van der Waals surface area contributed by atoms with E-state index in [1.165, 1.54) is 18.2 Å². The van der Waals surface area contributed by atoms with E-state index in [2.05, 4.69) is 0 Å². The van der Waals surface area contributed by atoms with Gasteiger partial charge in [0.25, 0.3) is 0 Å². The third-order valence-corrected chi connectivity index (χ3v) is 1.84. The molecule has 0 bridgehead atoms. The lowest BCUT2D eigenvalue weighted by Crippen LogP contribution is -2.10. The molecule has 0 spiro atoms. The van der Waals surface area contributed by atoms with Crippen LogP contribution in [-0.2, 0) is 0 Å². The van der Waals surface area contributed by atoms with Crippen molar-refractivity contribution in [1.82, 2.24) is 0 Å². The Kier molecular flexibility index (Phi) is 3.36. The number of ketones is 1. The van der Waals surface area contributed by atoms with Crippen molar-refractivity contribution in [2.24, 2.45) is 5.73 Å². The number of nitrogens with two attached hydrogens (primary N) is 1. The van der Waals surface area contributed by atoms with Gasteiger partial charge in [0, 0.05) is 17.5 Å². The number of carbonyl (C=O) groups excluding carboxylic acids is 2. The van der Waals surface area contributed by atoms with Crippen molar-refractivity contribution in [2.75, 3.05) is 6.54 Å². The maximum absolute atomic E-state index is 11.4. The van der Waals surface area contributed by atoms with Crippen LogP contribution in [0.2, 0.25) is 0 Å². The molecule has 0 heterocycles. The van der Waals surface area contributed by atoms with Crippen molar-refractivity contribution < 1.29 is 14.7 Å². The second kappa shape index (κ2) is 4.53. The molecule has 1 rings (SSSR count). The molecular formula is C10H11NO3. The van der Waals surface area contributed by atoms with E-state index in [-0.39, 0.29) is 35.6 Å². The van der Waals surface area contributed by atoms with Crippen LogP contribution in [0.4, 0.5) is 0 Å². The Hall–Kier alpha value is -1.68. The van der Waals surface area contributed by atoms with Crippen molar-refractivity contribution in [1.29, 1.82) is 0 Å². The van der Waals surface area contributed by atoms with E-state index in [1.54, 1.807) is 0 Å². The van der Waals surface area contributed by atoms with Crippen LogP contribution in [0, 0.1) is 0 Å². The monoisotopic (exact) mass is 193 g/mol. The van der Waals surface area contributed by atoms with E-state index in [1.807, 2.05) is 0 Å². The minimum absolute atomic E-state index is 0.0315. The third kappa shape index (κ3) is 2.17. The second-order valence-electron chi connectivity index (χ2n) is 2.85. The van der Waals surface area contributed by atoms with Crippen LogP contribution < -0.4 is 5.73 Å². The molecule has 3 N–H and O–H groups in total. The van der Waals surface area contributed by atoms with Gasteiger partial charge in [0.15, 0.2) is 12.1 Å². The number of hydrogen-bond donors (Lipinski definition) is 2. The molecule has 4 nitrogen and oxygen atoms in total. The summed E-state index contributed by atoms with van der Waals surface area (Å²) >= 11 is 0. The van der Waals surface area contributed by atoms with Crippen LogP contribution in [0.25, 0.3) is 0 Å². The Balaban J connectivity index is 3.10. The van der Waals surface area contributed by atoms with E-state index in [0.717, 1.165) is 0 Å². The fourth-order valence-corrected chi connectivity index (χ4v) is 1.15. The van der Waals surface area contributed by atoms with Gasteiger partial charge in [-0.2, -0.15) is 0 Å². The van der Waals surface area contributed by atoms with E-state index >= 15 is 0 Å². The summed E-state index contributed by atoms with van der Waals surface area (Å²) in [7, 11) is 0. The molecule has 74 valence electrons. The Morgan fingerprint density at radius 1 is 1.50 bits per heavy atom. The number of benzene rings is 1. The average Bonchev–Trinajstić information content (AvgIpc) is 2.18. The standard InChI is InChI=1S/C10H11NO3/c11-4-3-10(14)9-5-8(13)2-1-7(9)6-12/h1-2,5-6,13H,3-4,11H2. The van der Waals surface area contributed by atoms with E-state index in [9.17, 15) is 9.59 Å². The predicted molar refractivity (Wildman–Crippen MR) is 51.5 cm³/mol. The van der Waals surface area contributed by atoms with Gasteiger partial charge in [0.05, 0.1) is 0 Å². The number of Topliss-reactive ketones (excluding diaryl/α,β-unsaturated/α-hetero) is 1. The number of carbonyl (C=O) groups is 2. The summed E-state index contributed by atoms with van der Waals surface area (Å²) in [6.45, 7) is 0.229. The summed E-state index contributed by atoms with van der Waals surface area (Å²) in [6.07, 6.45) is 0.757. The highest BCUT2D eigenvalue weighted by Crippen LogP contribution is 2.16. The summed E-state index contributed by atoms with van der Waals surface area (Å²) < 4.78 is 0. The highest BCUT2D eigenvalue weighted by Gasteiger charge is 2.10. The van der Waals surface area contributed by atoms with Gasteiger partial charge < -0.3 is 10.8 Å². The predicted octanol–water partition coefficient (Wildman–Crippen LogP) is 0.736. The number of rotatable bonds is 4. The highest BCUT2D eigenvalue weighted by molar-refractivity contribution is 6.03. The summed E-state index contributed by atoms with van der Waals surface area (Å²) in [5, 5.41) is 9.15. The molecular weight excluding hydrogens is 182 g/mol. The first-order valence-electron chi connectivity index (χ1n) is 4.20. The smallest absolute Gasteiger partial charge is 0.164 e. The maximum atomic E-state index is 11.4. The minimum atomic E-state index is -0.231. The lowest BCUT2D eigenvalue weighted by atomic mass is 10.0. The van der Waals surface area contributed by atoms with Crippen LogP contribution >= 0.6 is 0 Å². The molecule has 0 radical (unpaired) electrons. The van der Waals surface area contributed by atoms with E-state index in [4.69, 9.17) is 10.8 Å². The van der Waals surface area contributed by atoms with E-state index in [0.29, 0.717) is 6.29 Å². The zero-order valence-electron chi connectivity index (χ0n) is 7.56. The molecule has 0 unspecified atom stereocenters. The second-order valence-corrected chi connectivity index (χ2v) is 2.85.